The fraction of sp³-hybridized carbons (Fsp3) is 0.385. The van der Waals surface area contributed by atoms with Gasteiger partial charge in [0.2, 0.25) is 5.78 Å². The number of oxazole rings is 1. The van der Waals surface area contributed by atoms with E-state index in [4.69, 9.17) is 4.42 Å². The zero-order chi connectivity index (χ0) is 11.8. The molecule has 0 spiro atoms. The van der Waals surface area contributed by atoms with Crippen molar-refractivity contribution in [2.24, 2.45) is 5.41 Å². The van der Waals surface area contributed by atoms with E-state index < -0.39 is 5.41 Å². The topological polar surface area (TPSA) is 43.1 Å². The van der Waals surface area contributed by atoms with Crippen molar-refractivity contribution in [2.45, 2.75) is 27.2 Å². The molecular formula is C13H15NO2. The van der Waals surface area contributed by atoms with Crippen molar-refractivity contribution >= 4 is 16.9 Å². The van der Waals surface area contributed by atoms with Crippen LogP contribution in [0.1, 0.15) is 37.9 Å². The molecule has 0 N–H and O–H groups in total. The molecule has 3 nitrogen and oxygen atoms in total. The predicted molar refractivity (Wildman–Crippen MR) is 62.4 cm³/mol. The first-order valence-electron chi connectivity index (χ1n) is 5.45. The normalized spacial score (nSPS) is 11.9. The third-order valence-corrected chi connectivity index (χ3v) is 2.99. The number of benzene rings is 1. The van der Waals surface area contributed by atoms with Crippen molar-refractivity contribution in [3.05, 3.63) is 30.2 Å². The number of carbonyl (C=O) groups is 1. The Bertz CT molecular complexity index is 492. The number of Topliss-reactive ketones (excluding diaryl/α,β-unsaturated/α-hetero) is 1. The highest BCUT2D eigenvalue weighted by Gasteiger charge is 2.30. The Morgan fingerprint density at radius 1 is 1.38 bits per heavy atom. The van der Waals surface area contributed by atoms with E-state index in [-0.39, 0.29) is 11.7 Å². The fourth-order valence-corrected chi connectivity index (χ4v) is 1.42. The van der Waals surface area contributed by atoms with Crippen LogP contribution in [0.2, 0.25) is 0 Å². The molecule has 0 saturated carbocycles. The molecule has 1 aromatic heterocycles. The highest BCUT2D eigenvalue weighted by Crippen LogP contribution is 2.26. The van der Waals surface area contributed by atoms with Crippen molar-refractivity contribution in [1.82, 2.24) is 4.98 Å². The van der Waals surface area contributed by atoms with Crippen LogP contribution in [0.3, 0.4) is 0 Å². The minimum atomic E-state index is -0.416. The van der Waals surface area contributed by atoms with Crippen molar-refractivity contribution < 1.29 is 9.21 Å². The van der Waals surface area contributed by atoms with Crippen LogP contribution in [0.5, 0.6) is 0 Å². The molecule has 0 bridgehead atoms. The number of para-hydroxylation sites is 2. The second-order valence-corrected chi connectivity index (χ2v) is 4.55. The zero-order valence-electron chi connectivity index (χ0n) is 9.78. The van der Waals surface area contributed by atoms with E-state index in [2.05, 4.69) is 4.98 Å². The van der Waals surface area contributed by atoms with E-state index in [1.807, 2.05) is 45.0 Å². The number of nitrogens with zero attached hydrogens (tertiary/aromatic N) is 1. The summed E-state index contributed by atoms with van der Waals surface area (Å²) in [5.41, 5.74) is 0.983. The Balaban J connectivity index is 2.45. The van der Waals surface area contributed by atoms with Gasteiger partial charge in [0.15, 0.2) is 5.58 Å². The molecule has 0 saturated heterocycles. The molecule has 0 unspecified atom stereocenters. The summed E-state index contributed by atoms with van der Waals surface area (Å²) in [6.45, 7) is 5.80. The third-order valence-electron chi connectivity index (χ3n) is 2.99. The van der Waals surface area contributed by atoms with Gasteiger partial charge >= 0.3 is 0 Å². The van der Waals surface area contributed by atoms with Crippen molar-refractivity contribution in [1.29, 1.82) is 0 Å². The summed E-state index contributed by atoms with van der Waals surface area (Å²) >= 11 is 0. The van der Waals surface area contributed by atoms with Gasteiger partial charge in [-0.25, -0.2) is 4.98 Å². The van der Waals surface area contributed by atoms with Crippen molar-refractivity contribution in [2.75, 3.05) is 0 Å². The second kappa shape index (κ2) is 3.74. The van der Waals surface area contributed by atoms with Crippen LogP contribution in [0.4, 0.5) is 0 Å². The maximum Gasteiger partial charge on any atom is 0.264 e. The molecule has 0 aliphatic rings. The summed E-state index contributed by atoms with van der Waals surface area (Å²) in [6.07, 6.45) is 0.768. The van der Waals surface area contributed by atoms with Gasteiger partial charge < -0.3 is 4.42 Å². The number of fused-ring (bicyclic) bond motifs is 1. The van der Waals surface area contributed by atoms with Gasteiger partial charge in [0.25, 0.3) is 5.89 Å². The van der Waals surface area contributed by atoms with Gasteiger partial charge in [-0.15, -0.1) is 0 Å². The minimum absolute atomic E-state index is 0.0359. The average molecular weight is 217 g/mol. The van der Waals surface area contributed by atoms with Gasteiger partial charge in [-0.05, 0) is 18.6 Å². The number of ketones is 1. The summed E-state index contributed by atoms with van der Waals surface area (Å²) in [5.74, 6) is 0.180. The van der Waals surface area contributed by atoms with E-state index in [0.717, 1.165) is 11.9 Å². The van der Waals surface area contributed by atoms with Crippen LogP contribution >= 0.6 is 0 Å². The lowest BCUT2D eigenvalue weighted by Gasteiger charge is -2.17. The van der Waals surface area contributed by atoms with Crippen molar-refractivity contribution in [3.63, 3.8) is 0 Å². The first-order valence-corrected chi connectivity index (χ1v) is 5.45. The maximum absolute atomic E-state index is 12.1. The molecule has 3 heteroatoms. The van der Waals surface area contributed by atoms with Gasteiger partial charge in [0.1, 0.15) is 5.52 Å². The smallest absolute Gasteiger partial charge is 0.264 e. The van der Waals surface area contributed by atoms with Gasteiger partial charge in [0.05, 0.1) is 0 Å². The molecule has 1 aromatic carbocycles. The molecule has 0 fully saturated rings. The molecule has 0 radical (unpaired) electrons. The SMILES string of the molecule is CCC(C)(C)C(=O)c1nc2ccccc2o1. The minimum Gasteiger partial charge on any atom is -0.434 e. The Hall–Kier alpha value is -1.64. The summed E-state index contributed by atoms with van der Waals surface area (Å²) in [7, 11) is 0. The Labute approximate surface area is 94.5 Å². The second-order valence-electron chi connectivity index (χ2n) is 4.55. The van der Waals surface area contributed by atoms with Crippen LogP contribution < -0.4 is 0 Å². The van der Waals surface area contributed by atoms with E-state index in [1.165, 1.54) is 0 Å². The number of aromatic nitrogens is 1. The van der Waals surface area contributed by atoms with E-state index >= 15 is 0 Å². The molecule has 16 heavy (non-hydrogen) atoms. The van der Waals surface area contributed by atoms with Gasteiger partial charge in [-0.1, -0.05) is 32.9 Å². The molecule has 0 atom stereocenters. The van der Waals surface area contributed by atoms with Crippen LogP contribution in [-0.4, -0.2) is 10.8 Å². The largest absolute Gasteiger partial charge is 0.434 e. The maximum atomic E-state index is 12.1. The Morgan fingerprint density at radius 3 is 2.69 bits per heavy atom. The standard InChI is InChI=1S/C13H15NO2/c1-4-13(2,3)11(15)12-14-9-7-5-6-8-10(9)16-12/h5-8H,4H2,1-3H3. The lowest BCUT2D eigenvalue weighted by atomic mass is 9.85. The van der Waals surface area contributed by atoms with E-state index in [9.17, 15) is 4.79 Å². The quantitative estimate of drug-likeness (QED) is 0.739. The van der Waals surface area contributed by atoms with E-state index in [1.54, 1.807) is 0 Å². The predicted octanol–water partition coefficient (Wildman–Crippen LogP) is 3.45. The Morgan fingerprint density at radius 2 is 2.06 bits per heavy atom. The highest BCUT2D eigenvalue weighted by molar-refractivity contribution is 5.97. The average Bonchev–Trinajstić information content (AvgIpc) is 2.71. The van der Waals surface area contributed by atoms with Crippen LogP contribution in [0.25, 0.3) is 11.1 Å². The molecular weight excluding hydrogens is 202 g/mol. The lowest BCUT2D eigenvalue weighted by Crippen LogP contribution is -2.23. The molecule has 2 aromatic rings. The molecule has 2 rings (SSSR count). The first kappa shape index (κ1) is 10.9. The van der Waals surface area contributed by atoms with Gasteiger partial charge in [-0.3, -0.25) is 4.79 Å². The molecule has 1 heterocycles. The third kappa shape index (κ3) is 1.73. The molecule has 0 aliphatic heterocycles. The van der Waals surface area contributed by atoms with Crippen LogP contribution in [0, 0.1) is 5.41 Å². The lowest BCUT2D eigenvalue weighted by molar-refractivity contribution is 0.0797. The van der Waals surface area contributed by atoms with Gasteiger partial charge in [-0.2, -0.15) is 0 Å². The summed E-state index contributed by atoms with van der Waals surface area (Å²) in [5, 5.41) is 0. The highest BCUT2D eigenvalue weighted by atomic mass is 16.4. The zero-order valence-corrected chi connectivity index (χ0v) is 9.78. The fourth-order valence-electron chi connectivity index (χ4n) is 1.42. The van der Waals surface area contributed by atoms with Crippen LogP contribution in [0.15, 0.2) is 28.7 Å². The molecule has 0 aliphatic carbocycles. The van der Waals surface area contributed by atoms with Gasteiger partial charge in [0, 0.05) is 5.41 Å². The van der Waals surface area contributed by atoms with Crippen molar-refractivity contribution in [3.8, 4) is 0 Å². The summed E-state index contributed by atoms with van der Waals surface area (Å²) in [4.78, 5) is 16.3. The number of carbonyl (C=O) groups excluding carboxylic acids is 1. The number of hydrogen-bond donors (Lipinski definition) is 0. The summed E-state index contributed by atoms with van der Waals surface area (Å²) < 4.78 is 5.46. The summed E-state index contributed by atoms with van der Waals surface area (Å²) in [6, 6.07) is 7.41. The molecule has 0 amide bonds. The number of hydrogen-bond acceptors (Lipinski definition) is 3. The van der Waals surface area contributed by atoms with E-state index in [0.29, 0.717) is 5.58 Å². The molecule has 84 valence electrons. The number of rotatable bonds is 3. The van der Waals surface area contributed by atoms with Crippen LogP contribution in [-0.2, 0) is 0 Å². The monoisotopic (exact) mass is 217 g/mol. The Kier molecular flexibility index (Phi) is 2.54. The first-order chi connectivity index (χ1) is 7.54.